The molecule has 0 aliphatic heterocycles. The van der Waals surface area contributed by atoms with E-state index < -0.39 is 26.7 Å². The van der Waals surface area contributed by atoms with Gasteiger partial charge in [0.2, 0.25) is 0 Å². The maximum atomic E-state index is 8.66. The van der Waals surface area contributed by atoms with Gasteiger partial charge in [0.25, 0.3) is 0 Å². The van der Waals surface area contributed by atoms with E-state index in [9.17, 15) is 0 Å². The van der Waals surface area contributed by atoms with Crippen molar-refractivity contribution in [2.45, 2.75) is 66.0 Å². The van der Waals surface area contributed by atoms with Crippen LogP contribution in [0.15, 0.2) is 138 Å². The Bertz CT molecular complexity index is 2770. The van der Waals surface area contributed by atoms with E-state index in [0.29, 0.717) is 11.3 Å². The van der Waals surface area contributed by atoms with E-state index in [2.05, 4.69) is 61.0 Å². The van der Waals surface area contributed by atoms with Crippen LogP contribution in [-0.2, 0) is 20.1 Å². The summed E-state index contributed by atoms with van der Waals surface area (Å²) in [6.07, 6.45) is 3.66. The maximum absolute atomic E-state index is 8.66. The van der Waals surface area contributed by atoms with Gasteiger partial charge in [-0.3, -0.25) is 0 Å². The first kappa shape index (κ1) is 33.4. The van der Waals surface area contributed by atoms with Gasteiger partial charge in [-0.2, -0.15) is 0 Å². The number of benzene rings is 5. The van der Waals surface area contributed by atoms with E-state index in [1.54, 1.807) is 12.3 Å². The normalized spacial score (nSPS) is 13.4. The van der Waals surface area contributed by atoms with Crippen LogP contribution in [0.2, 0.25) is 19.6 Å². The fourth-order valence-corrected chi connectivity index (χ4v) is 8.41. The largest absolute Gasteiger partial charge is 0.501 e. The number of nitrogens with zero attached hydrogens (tertiary/aromatic N) is 2. The van der Waals surface area contributed by atoms with Crippen molar-refractivity contribution in [2.75, 3.05) is 0 Å². The fraction of sp³-hybridized carbons (Fsp3) is 0.200. The molecule has 0 aliphatic rings. The van der Waals surface area contributed by atoms with E-state index in [4.69, 9.17) is 16.3 Å². The van der Waals surface area contributed by atoms with Gasteiger partial charge >= 0.3 is 0 Å². The number of fused-ring (bicyclic) bond motifs is 3. The van der Waals surface area contributed by atoms with Crippen LogP contribution in [0.3, 0.4) is 0 Å². The molecule has 3 nitrogen and oxygen atoms in total. The summed E-state index contributed by atoms with van der Waals surface area (Å²) >= 11 is 0. The Morgan fingerprint density at radius 2 is 1.44 bits per heavy atom. The summed E-state index contributed by atoms with van der Waals surface area (Å²) in [7, 11) is -1.68. The second-order valence-electron chi connectivity index (χ2n) is 15.1. The van der Waals surface area contributed by atoms with Gasteiger partial charge in [0.15, 0.2) is 0 Å². The van der Waals surface area contributed by atoms with Crippen molar-refractivity contribution >= 4 is 35.2 Å². The summed E-state index contributed by atoms with van der Waals surface area (Å²) in [5.74, 6) is -1.45. The van der Waals surface area contributed by atoms with Crippen LogP contribution in [0, 0.1) is 19.0 Å². The topological polar surface area (TPSA) is 38.9 Å². The molecule has 8 aromatic rings. The standard InChI is InChI=1S/C26H20NO.C24H28NSi.Ir/c1-17(2)19-14-15-27-23(16-19)21-11-6-12-22-25-20(18-8-4-3-5-9-18)10-7-13-24(25)28-26(21)22;1-17(2)21-15-23(25-16-24(21)26(4,5)6)20-13-12-18(3)22(14-20)19-10-8-7-9-11-19;/h3-10,12-17H,1-2H3;7-12,14-17H,1-6H3;/q2*-1;/i17D;3D3,17D;. The summed E-state index contributed by atoms with van der Waals surface area (Å²) in [5, 5.41) is 3.32. The summed E-state index contributed by atoms with van der Waals surface area (Å²) in [4.78, 5) is 9.25. The van der Waals surface area contributed by atoms with Crippen molar-refractivity contribution in [3.63, 3.8) is 0 Å². The Balaban J connectivity index is 0.000000198. The van der Waals surface area contributed by atoms with Gasteiger partial charge in [-0.25, -0.2) is 0 Å². The van der Waals surface area contributed by atoms with E-state index in [1.165, 1.54) is 5.19 Å². The van der Waals surface area contributed by atoms with Crippen LogP contribution in [0.25, 0.3) is 66.7 Å². The summed E-state index contributed by atoms with van der Waals surface area (Å²) in [6, 6.07) is 45.7. The van der Waals surface area contributed by atoms with Crippen LogP contribution in [0.4, 0.5) is 0 Å². The second-order valence-corrected chi connectivity index (χ2v) is 20.1. The van der Waals surface area contributed by atoms with Crippen molar-refractivity contribution in [3.8, 4) is 44.8 Å². The summed E-state index contributed by atoms with van der Waals surface area (Å²) in [5.41, 5.74) is 10.6. The summed E-state index contributed by atoms with van der Waals surface area (Å²) < 4.78 is 47.1. The predicted molar refractivity (Wildman–Crippen MR) is 231 cm³/mol. The number of pyridine rings is 2. The Morgan fingerprint density at radius 1 is 0.727 bits per heavy atom. The maximum Gasteiger partial charge on any atom is 0.121 e. The zero-order chi connectivity index (χ0) is 42.3. The molecule has 1 radical (unpaired) electrons. The van der Waals surface area contributed by atoms with E-state index in [-0.39, 0.29) is 25.7 Å². The minimum Gasteiger partial charge on any atom is -0.501 e. The molecular formula is C50H48IrN2OSi-2. The molecule has 0 N–H and O–H groups in total. The zero-order valence-electron chi connectivity index (χ0n) is 37.3. The zero-order valence-corrected chi connectivity index (χ0v) is 35.7. The molecule has 55 heavy (non-hydrogen) atoms. The van der Waals surface area contributed by atoms with E-state index in [0.717, 1.165) is 66.6 Å². The van der Waals surface area contributed by atoms with Crippen LogP contribution in [0.1, 0.15) is 63.0 Å². The third-order valence-corrected chi connectivity index (χ3v) is 11.7. The molecule has 279 valence electrons. The Morgan fingerprint density at radius 3 is 2.09 bits per heavy atom. The molecule has 3 heterocycles. The molecule has 5 aromatic carbocycles. The number of aryl methyl sites for hydroxylation is 1. The third kappa shape index (κ3) is 8.50. The number of aromatic nitrogens is 2. The van der Waals surface area contributed by atoms with Crippen LogP contribution >= 0.6 is 0 Å². The van der Waals surface area contributed by atoms with Gasteiger partial charge in [0, 0.05) is 44.7 Å². The van der Waals surface area contributed by atoms with Gasteiger partial charge < -0.3 is 14.4 Å². The first-order chi connectivity index (χ1) is 27.8. The molecule has 0 saturated heterocycles. The minimum absolute atomic E-state index is 0. The van der Waals surface area contributed by atoms with Gasteiger partial charge in [-0.15, -0.1) is 47.5 Å². The van der Waals surface area contributed by atoms with Crippen LogP contribution < -0.4 is 5.19 Å². The van der Waals surface area contributed by atoms with Crippen molar-refractivity contribution in [1.82, 2.24) is 9.97 Å². The average molecular weight is 918 g/mol. The fourth-order valence-electron chi connectivity index (χ4n) is 6.83. The molecule has 3 aromatic heterocycles. The van der Waals surface area contributed by atoms with Gasteiger partial charge in [-0.1, -0.05) is 167 Å². The number of hydrogen-bond acceptors (Lipinski definition) is 3. The molecule has 5 heteroatoms. The van der Waals surface area contributed by atoms with Crippen molar-refractivity contribution in [1.29, 1.82) is 0 Å². The molecule has 0 spiro atoms. The number of hydrogen-bond donors (Lipinski definition) is 0. The Labute approximate surface area is 348 Å². The number of rotatable bonds is 7. The molecule has 0 bridgehead atoms. The molecule has 8 rings (SSSR count). The quantitative estimate of drug-likeness (QED) is 0.118. The van der Waals surface area contributed by atoms with Crippen molar-refractivity contribution in [3.05, 3.63) is 163 Å². The Hall–Kier alpha value is -4.93. The van der Waals surface area contributed by atoms with Crippen molar-refractivity contribution in [2.24, 2.45) is 0 Å². The van der Waals surface area contributed by atoms with Crippen LogP contribution in [0.5, 0.6) is 0 Å². The minimum atomic E-state index is -2.23. The van der Waals surface area contributed by atoms with E-state index >= 15 is 0 Å². The second kappa shape index (κ2) is 16.8. The Kier molecular flexibility index (Phi) is 10.2. The molecule has 0 amide bonds. The first-order valence-electron chi connectivity index (χ1n) is 20.8. The third-order valence-electron chi connectivity index (χ3n) is 9.70. The molecule has 0 saturated carbocycles. The van der Waals surface area contributed by atoms with Crippen molar-refractivity contribution < 1.29 is 31.4 Å². The van der Waals surface area contributed by atoms with Gasteiger partial charge in [-0.05, 0) is 57.2 Å². The molecule has 0 atom stereocenters. The van der Waals surface area contributed by atoms with Crippen LogP contribution in [-0.4, -0.2) is 18.0 Å². The molecular weight excluding hydrogens is 865 g/mol. The SMILES string of the molecule is [2H]C(C)(C)c1ccnc(-c2[c-]ccc3c2oc2cccc(-c4ccccc4)c23)c1.[2H]C([2H])([2H])c1c[c-]c(-c2cc(C([2H])(C)C)c([Si](C)(C)C)cn2)cc1-c1ccccc1.[Ir]. The molecule has 0 unspecified atom stereocenters. The van der Waals surface area contributed by atoms with Gasteiger partial charge in [0.05, 0.1) is 13.7 Å². The monoisotopic (exact) mass is 918 g/mol. The molecule has 0 aliphatic carbocycles. The predicted octanol–water partition coefficient (Wildman–Crippen LogP) is 13.4. The number of furan rings is 1. The summed E-state index contributed by atoms with van der Waals surface area (Å²) in [6.45, 7) is 12.1. The molecule has 0 fully saturated rings. The average Bonchev–Trinajstić information content (AvgIpc) is 3.59. The van der Waals surface area contributed by atoms with Gasteiger partial charge in [0.1, 0.15) is 5.58 Å². The smallest absolute Gasteiger partial charge is 0.121 e. The first-order valence-corrected chi connectivity index (χ1v) is 21.8. The van der Waals surface area contributed by atoms with E-state index in [1.807, 2.05) is 125 Å².